The predicted octanol–water partition coefficient (Wildman–Crippen LogP) is 5.67. The van der Waals surface area contributed by atoms with E-state index in [1.807, 2.05) is 38.2 Å². The first-order chi connectivity index (χ1) is 15.2. The molecule has 0 N–H and O–H groups in total. The number of ether oxygens (including phenoxy) is 2. The highest BCUT2D eigenvalue weighted by Gasteiger charge is 2.40. The van der Waals surface area contributed by atoms with Crippen molar-refractivity contribution in [2.24, 2.45) is 11.8 Å². The third kappa shape index (κ3) is 7.64. The molecule has 0 saturated carbocycles. The minimum absolute atomic E-state index is 0.0158. The van der Waals surface area contributed by atoms with Crippen LogP contribution in [0.2, 0.25) is 18.1 Å². The molecule has 0 aliphatic carbocycles. The van der Waals surface area contributed by atoms with Gasteiger partial charge >= 0.3 is 5.97 Å². The van der Waals surface area contributed by atoms with Gasteiger partial charge in [0.25, 0.3) is 0 Å². The summed E-state index contributed by atoms with van der Waals surface area (Å²) in [5.74, 6) is -1.99. The van der Waals surface area contributed by atoms with Gasteiger partial charge in [-0.25, -0.2) is 4.79 Å². The summed E-state index contributed by atoms with van der Waals surface area (Å²) in [5.41, 5.74) is -0.136. The van der Waals surface area contributed by atoms with Crippen LogP contribution in [-0.4, -0.2) is 39.1 Å². The standard InChI is InChI=1S/C26H40O6Si/c1-11-12-13-14-20(32-33(9,10)26(5,6)7)16-21(27)17(2)15-18(3)23(28)22-24(30-8)19(4)31-25(22)29/h11-14,17-18,20H,4,15-16H2,1-3,5-10H3/b12-11+,14-13+. The molecule has 1 rings (SSSR count). The first-order valence-electron chi connectivity index (χ1n) is 11.4. The Hall–Kier alpha value is -2.25. The normalized spacial score (nSPS) is 18.1. The monoisotopic (exact) mass is 476 g/mol. The van der Waals surface area contributed by atoms with Gasteiger partial charge in [-0.15, -0.1) is 0 Å². The fraction of sp³-hybridized carbons (Fsp3) is 0.577. The van der Waals surface area contributed by atoms with Crippen molar-refractivity contribution in [1.82, 2.24) is 0 Å². The van der Waals surface area contributed by atoms with Crippen molar-refractivity contribution in [1.29, 1.82) is 0 Å². The highest BCUT2D eigenvalue weighted by Crippen LogP contribution is 2.38. The molecule has 0 aromatic rings. The van der Waals surface area contributed by atoms with E-state index in [4.69, 9.17) is 13.9 Å². The van der Waals surface area contributed by atoms with Gasteiger partial charge in [0.15, 0.2) is 25.6 Å². The van der Waals surface area contributed by atoms with Crippen LogP contribution in [0.1, 0.15) is 54.4 Å². The largest absolute Gasteiger partial charge is 0.492 e. The van der Waals surface area contributed by atoms with Crippen molar-refractivity contribution in [3.05, 3.63) is 48.0 Å². The van der Waals surface area contributed by atoms with Crippen LogP contribution in [0.15, 0.2) is 48.0 Å². The summed E-state index contributed by atoms with van der Waals surface area (Å²) in [4.78, 5) is 38.0. The van der Waals surface area contributed by atoms with E-state index in [0.717, 1.165) is 0 Å². The highest BCUT2D eigenvalue weighted by molar-refractivity contribution is 6.74. The molecular formula is C26H40O6Si. The number of carbonyl (C=O) groups is 3. The smallest absolute Gasteiger partial charge is 0.351 e. The third-order valence-electron chi connectivity index (χ3n) is 6.34. The summed E-state index contributed by atoms with van der Waals surface area (Å²) in [7, 11) is -0.727. The maximum absolute atomic E-state index is 13.1. The third-order valence-corrected chi connectivity index (χ3v) is 10.8. The second-order valence-electron chi connectivity index (χ2n) is 10.1. The van der Waals surface area contributed by atoms with Gasteiger partial charge in [-0.3, -0.25) is 9.59 Å². The summed E-state index contributed by atoms with van der Waals surface area (Å²) >= 11 is 0. The average molecular weight is 477 g/mol. The van der Waals surface area contributed by atoms with Crippen LogP contribution in [0, 0.1) is 11.8 Å². The number of hydrogen-bond donors (Lipinski definition) is 0. The van der Waals surface area contributed by atoms with E-state index >= 15 is 0 Å². The predicted molar refractivity (Wildman–Crippen MR) is 133 cm³/mol. The van der Waals surface area contributed by atoms with E-state index in [9.17, 15) is 14.4 Å². The van der Waals surface area contributed by atoms with Gasteiger partial charge in [0.1, 0.15) is 11.4 Å². The molecule has 0 bridgehead atoms. The molecule has 3 atom stereocenters. The van der Waals surface area contributed by atoms with Crippen LogP contribution in [-0.2, 0) is 28.3 Å². The van der Waals surface area contributed by atoms with Crippen LogP contribution in [0.5, 0.6) is 0 Å². The lowest BCUT2D eigenvalue weighted by atomic mass is 9.87. The van der Waals surface area contributed by atoms with E-state index in [1.54, 1.807) is 6.92 Å². The van der Waals surface area contributed by atoms with Gasteiger partial charge in [-0.05, 0) is 31.5 Å². The van der Waals surface area contributed by atoms with Gasteiger partial charge in [-0.2, -0.15) is 0 Å². The number of cyclic esters (lactones) is 1. The van der Waals surface area contributed by atoms with Gasteiger partial charge in [0.2, 0.25) is 0 Å². The highest BCUT2D eigenvalue weighted by atomic mass is 28.4. The molecule has 6 nitrogen and oxygen atoms in total. The number of carbonyl (C=O) groups excluding carboxylic acids is 3. The number of Topliss-reactive ketones (excluding diaryl/α,β-unsaturated/α-hetero) is 2. The van der Waals surface area contributed by atoms with E-state index in [-0.39, 0.29) is 46.4 Å². The molecule has 7 heteroatoms. The molecule has 0 aromatic carbocycles. The molecule has 33 heavy (non-hydrogen) atoms. The molecule has 0 saturated heterocycles. The number of hydrogen-bond acceptors (Lipinski definition) is 6. The molecular weight excluding hydrogens is 436 g/mol. The van der Waals surface area contributed by atoms with Crippen molar-refractivity contribution < 1.29 is 28.3 Å². The number of allylic oxidation sites excluding steroid dienone is 3. The van der Waals surface area contributed by atoms with E-state index < -0.39 is 26.0 Å². The van der Waals surface area contributed by atoms with Gasteiger partial charge in [-0.1, -0.05) is 65.5 Å². The Kier molecular flexibility index (Phi) is 10.2. The maximum atomic E-state index is 13.1. The van der Waals surface area contributed by atoms with Crippen molar-refractivity contribution in [3.8, 4) is 0 Å². The summed E-state index contributed by atoms with van der Waals surface area (Å²) in [6.45, 7) is 19.8. The molecule has 0 aromatic heterocycles. The SMILES string of the molecule is C=C1OC(=O)C(C(=O)C(C)CC(C)C(=O)CC(/C=C/C=C/C)O[Si](C)(C)C(C)(C)C)=C1OC. The van der Waals surface area contributed by atoms with Crippen molar-refractivity contribution in [3.63, 3.8) is 0 Å². The molecule has 3 unspecified atom stereocenters. The first-order valence-corrected chi connectivity index (χ1v) is 14.3. The topological polar surface area (TPSA) is 78.9 Å². The average Bonchev–Trinajstić information content (AvgIpc) is 2.98. The lowest BCUT2D eigenvalue weighted by molar-refractivity contribution is -0.135. The summed E-state index contributed by atoms with van der Waals surface area (Å²) in [6.07, 6.45) is 7.86. The number of rotatable bonds is 12. The lowest BCUT2D eigenvalue weighted by Crippen LogP contribution is -2.44. The second kappa shape index (κ2) is 11.7. The van der Waals surface area contributed by atoms with Crippen LogP contribution < -0.4 is 0 Å². The zero-order valence-electron chi connectivity index (χ0n) is 21.6. The van der Waals surface area contributed by atoms with E-state index in [2.05, 4.69) is 40.4 Å². The van der Waals surface area contributed by atoms with Crippen molar-refractivity contribution in [2.75, 3.05) is 7.11 Å². The molecule has 0 spiro atoms. The van der Waals surface area contributed by atoms with Gasteiger partial charge in [0.05, 0.1) is 13.2 Å². The molecule has 1 aliphatic rings. The molecule has 0 amide bonds. The Morgan fingerprint density at radius 1 is 1.15 bits per heavy atom. The number of methoxy groups -OCH3 is 1. The maximum Gasteiger partial charge on any atom is 0.351 e. The number of esters is 1. The van der Waals surface area contributed by atoms with Crippen LogP contribution in [0.4, 0.5) is 0 Å². The first kappa shape index (κ1) is 28.8. The second-order valence-corrected chi connectivity index (χ2v) is 14.9. The van der Waals surface area contributed by atoms with Crippen molar-refractivity contribution in [2.45, 2.75) is 78.6 Å². The Labute approximate surface area is 199 Å². The molecule has 184 valence electrons. The van der Waals surface area contributed by atoms with Gasteiger partial charge < -0.3 is 13.9 Å². The zero-order valence-corrected chi connectivity index (χ0v) is 22.6. The van der Waals surface area contributed by atoms with E-state index in [1.165, 1.54) is 7.11 Å². The fourth-order valence-electron chi connectivity index (χ4n) is 3.29. The zero-order chi connectivity index (χ0) is 25.6. The molecule has 1 heterocycles. The molecule has 1 aliphatic heterocycles. The lowest BCUT2D eigenvalue weighted by Gasteiger charge is -2.38. The Morgan fingerprint density at radius 3 is 2.27 bits per heavy atom. The Bertz CT molecular complexity index is 856. The minimum atomic E-state index is -2.08. The molecule has 0 fully saturated rings. The minimum Gasteiger partial charge on any atom is -0.492 e. The Balaban J connectivity index is 2.93. The quantitative estimate of drug-likeness (QED) is 0.156. The van der Waals surface area contributed by atoms with Crippen LogP contribution in [0.25, 0.3) is 0 Å². The summed E-state index contributed by atoms with van der Waals surface area (Å²) < 4.78 is 16.5. The molecule has 0 radical (unpaired) electrons. The summed E-state index contributed by atoms with van der Waals surface area (Å²) in [5, 5.41) is 0.0158. The number of ketones is 2. The van der Waals surface area contributed by atoms with Crippen LogP contribution >= 0.6 is 0 Å². The van der Waals surface area contributed by atoms with Gasteiger partial charge in [0, 0.05) is 18.3 Å². The van der Waals surface area contributed by atoms with Crippen LogP contribution in [0.3, 0.4) is 0 Å². The van der Waals surface area contributed by atoms with Crippen molar-refractivity contribution >= 4 is 25.9 Å². The van der Waals surface area contributed by atoms with E-state index in [0.29, 0.717) is 6.42 Å². The fourth-order valence-corrected chi connectivity index (χ4v) is 4.56. The Morgan fingerprint density at radius 2 is 1.76 bits per heavy atom. The summed E-state index contributed by atoms with van der Waals surface area (Å²) in [6, 6.07) is 0.